The van der Waals surface area contributed by atoms with Gasteiger partial charge in [0.25, 0.3) is 5.91 Å². The third-order valence-electron chi connectivity index (χ3n) is 3.20. The minimum Gasteiger partial charge on any atom is -0.494 e. The number of halogens is 1. The second-order valence-corrected chi connectivity index (χ2v) is 5.99. The van der Waals surface area contributed by atoms with E-state index in [2.05, 4.69) is 10.3 Å². The first kappa shape index (κ1) is 16.3. The summed E-state index contributed by atoms with van der Waals surface area (Å²) < 4.78 is 18.3. The molecule has 0 unspecified atom stereocenters. The topological polar surface area (TPSA) is 50.7 Å². The molecule has 2 aromatic carbocycles. The van der Waals surface area contributed by atoms with Gasteiger partial charge in [0.2, 0.25) is 0 Å². The first-order chi connectivity index (χ1) is 11.6. The molecule has 1 fully saturated rings. The summed E-state index contributed by atoms with van der Waals surface area (Å²) in [6.07, 6.45) is 1.71. The Labute approximate surface area is 143 Å². The molecule has 0 saturated carbocycles. The van der Waals surface area contributed by atoms with Gasteiger partial charge in [-0.3, -0.25) is 4.79 Å². The van der Waals surface area contributed by atoms with Crippen LogP contribution in [0.2, 0.25) is 0 Å². The largest absolute Gasteiger partial charge is 0.494 e. The van der Waals surface area contributed by atoms with Crippen molar-refractivity contribution in [3.05, 3.63) is 64.8 Å². The average molecular weight is 342 g/mol. The zero-order chi connectivity index (χ0) is 16.9. The molecule has 0 atom stereocenters. The smallest absolute Gasteiger partial charge is 0.264 e. The minimum absolute atomic E-state index is 0.214. The van der Waals surface area contributed by atoms with Crippen molar-refractivity contribution in [3.63, 3.8) is 0 Å². The van der Waals surface area contributed by atoms with Crippen LogP contribution in [0.4, 0.5) is 10.1 Å². The highest BCUT2D eigenvalue weighted by Gasteiger charge is 2.23. The molecule has 0 spiro atoms. The predicted octanol–water partition coefficient (Wildman–Crippen LogP) is 4.12. The molecular weight excluding hydrogens is 327 g/mol. The van der Waals surface area contributed by atoms with Crippen LogP contribution < -0.4 is 10.1 Å². The molecule has 1 amide bonds. The van der Waals surface area contributed by atoms with Gasteiger partial charge >= 0.3 is 0 Å². The molecule has 4 nitrogen and oxygen atoms in total. The lowest BCUT2D eigenvalue weighted by molar-refractivity contribution is -0.115. The molecule has 6 heteroatoms. The van der Waals surface area contributed by atoms with E-state index in [0.717, 1.165) is 17.0 Å². The maximum Gasteiger partial charge on any atom is 0.264 e. The lowest BCUT2D eigenvalue weighted by Gasteiger charge is -2.02. The van der Waals surface area contributed by atoms with Crippen LogP contribution in [0.5, 0.6) is 5.75 Å². The van der Waals surface area contributed by atoms with Gasteiger partial charge in [0.1, 0.15) is 11.6 Å². The van der Waals surface area contributed by atoms with E-state index in [9.17, 15) is 9.18 Å². The Balaban J connectivity index is 1.75. The number of nitrogens with zero attached hydrogens (tertiary/aromatic N) is 1. The Morgan fingerprint density at radius 2 is 1.88 bits per heavy atom. The van der Waals surface area contributed by atoms with E-state index in [1.807, 2.05) is 31.2 Å². The summed E-state index contributed by atoms with van der Waals surface area (Å²) in [6, 6.07) is 13.3. The van der Waals surface area contributed by atoms with Crippen molar-refractivity contribution in [2.24, 2.45) is 4.99 Å². The van der Waals surface area contributed by atoms with Gasteiger partial charge in [0.15, 0.2) is 5.17 Å². The number of rotatable bonds is 4. The third kappa shape index (κ3) is 4.02. The van der Waals surface area contributed by atoms with Crippen molar-refractivity contribution in [3.8, 4) is 5.75 Å². The van der Waals surface area contributed by atoms with Gasteiger partial charge in [-0.05, 0) is 66.7 Å². The van der Waals surface area contributed by atoms with Crippen molar-refractivity contribution >= 4 is 34.6 Å². The SMILES string of the molecule is CCOc1ccc(N=C2NC(=O)/C(=C/c3ccc(F)cc3)S2)cc1. The van der Waals surface area contributed by atoms with Crippen LogP contribution in [-0.4, -0.2) is 17.7 Å². The van der Waals surface area contributed by atoms with Crippen LogP contribution in [0, 0.1) is 5.82 Å². The summed E-state index contributed by atoms with van der Waals surface area (Å²) >= 11 is 1.25. The fourth-order valence-electron chi connectivity index (χ4n) is 2.09. The molecule has 0 aromatic heterocycles. The van der Waals surface area contributed by atoms with E-state index in [0.29, 0.717) is 16.7 Å². The second kappa shape index (κ2) is 7.31. The Morgan fingerprint density at radius 1 is 1.17 bits per heavy atom. The van der Waals surface area contributed by atoms with Gasteiger partial charge in [-0.1, -0.05) is 12.1 Å². The molecule has 0 aliphatic carbocycles. The van der Waals surface area contributed by atoms with Crippen LogP contribution in [-0.2, 0) is 4.79 Å². The predicted molar refractivity (Wildman–Crippen MR) is 94.8 cm³/mol. The normalized spacial score (nSPS) is 17.3. The maximum atomic E-state index is 12.9. The van der Waals surface area contributed by atoms with Crippen LogP contribution in [0.1, 0.15) is 12.5 Å². The summed E-state index contributed by atoms with van der Waals surface area (Å²) in [5, 5.41) is 3.24. The molecule has 2 aromatic rings. The first-order valence-electron chi connectivity index (χ1n) is 7.42. The Bertz CT molecular complexity index is 799. The molecular formula is C18H15FN2O2S. The van der Waals surface area contributed by atoms with Gasteiger partial charge in [-0.2, -0.15) is 0 Å². The number of nitrogens with one attached hydrogen (secondary N) is 1. The lowest BCUT2D eigenvalue weighted by Crippen LogP contribution is -2.19. The van der Waals surface area contributed by atoms with Crippen molar-refractivity contribution < 1.29 is 13.9 Å². The average Bonchev–Trinajstić information content (AvgIpc) is 2.91. The van der Waals surface area contributed by atoms with Gasteiger partial charge < -0.3 is 10.1 Å². The van der Waals surface area contributed by atoms with Crippen LogP contribution in [0.3, 0.4) is 0 Å². The number of ether oxygens (including phenoxy) is 1. The molecule has 0 radical (unpaired) electrons. The number of amides is 1. The van der Waals surface area contributed by atoms with E-state index in [-0.39, 0.29) is 11.7 Å². The van der Waals surface area contributed by atoms with E-state index < -0.39 is 0 Å². The van der Waals surface area contributed by atoms with Crippen molar-refractivity contribution in [1.29, 1.82) is 0 Å². The highest BCUT2D eigenvalue weighted by Crippen LogP contribution is 2.28. The summed E-state index contributed by atoms with van der Waals surface area (Å²) in [5.74, 6) is 0.258. The third-order valence-corrected chi connectivity index (χ3v) is 4.11. The Hall–Kier alpha value is -2.60. The number of hydrogen-bond acceptors (Lipinski definition) is 4. The fraction of sp³-hybridized carbons (Fsp3) is 0.111. The zero-order valence-corrected chi connectivity index (χ0v) is 13.8. The standard InChI is InChI=1S/C18H15FN2O2S/c1-2-23-15-9-7-14(8-10-15)20-18-21-17(22)16(24-18)11-12-3-5-13(19)6-4-12/h3-11H,2H2,1H3,(H,20,21,22)/b16-11-. The first-order valence-corrected chi connectivity index (χ1v) is 8.24. The van der Waals surface area contributed by atoms with E-state index >= 15 is 0 Å². The van der Waals surface area contributed by atoms with Crippen LogP contribution in [0.25, 0.3) is 6.08 Å². The van der Waals surface area contributed by atoms with Crippen molar-refractivity contribution in [2.45, 2.75) is 6.92 Å². The molecule has 3 rings (SSSR count). The highest BCUT2D eigenvalue weighted by molar-refractivity contribution is 8.18. The Morgan fingerprint density at radius 3 is 2.54 bits per heavy atom. The summed E-state index contributed by atoms with van der Waals surface area (Å²) in [6.45, 7) is 2.53. The number of carbonyl (C=O) groups is 1. The molecule has 24 heavy (non-hydrogen) atoms. The minimum atomic E-state index is -0.307. The maximum absolute atomic E-state index is 12.9. The Kier molecular flexibility index (Phi) is 4.96. The molecule has 1 saturated heterocycles. The van der Waals surface area contributed by atoms with E-state index in [1.165, 1.54) is 23.9 Å². The number of carbonyl (C=O) groups excluding carboxylic acids is 1. The van der Waals surface area contributed by atoms with E-state index in [4.69, 9.17) is 4.74 Å². The number of hydrogen-bond donors (Lipinski definition) is 1. The number of aliphatic imine (C=N–C) groups is 1. The lowest BCUT2D eigenvalue weighted by atomic mass is 10.2. The molecule has 122 valence electrons. The van der Waals surface area contributed by atoms with Gasteiger partial charge in [-0.15, -0.1) is 0 Å². The molecule has 1 aliphatic heterocycles. The van der Waals surface area contributed by atoms with Gasteiger partial charge in [0.05, 0.1) is 17.2 Å². The zero-order valence-electron chi connectivity index (χ0n) is 13.0. The molecule has 1 aliphatic rings. The highest BCUT2D eigenvalue weighted by atomic mass is 32.2. The number of benzene rings is 2. The van der Waals surface area contributed by atoms with Crippen LogP contribution >= 0.6 is 11.8 Å². The molecule has 1 N–H and O–H groups in total. The molecule has 1 heterocycles. The van der Waals surface area contributed by atoms with Crippen LogP contribution in [0.15, 0.2) is 58.4 Å². The second-order valence-electron chi connectivity index (χ2n) is 4.96. The van der Waals surface area contributed by atoms with Gasteiger partial charge in [-0.25, -0.2) is 9.38 Å². The number of amidine groups is 1. The van der Waals surface area contributed by atoms with E-state index in [1.54, 1.807) is 18.2 Å². The summed E-state index contributed by atoms with van der Waals surface area (Å²) in [4.78, 5) is 16.9. The van der Waals surface area contributed by atoms with Crippen molar-refractivity contribution in [2.75, 3.05) is 6.61 Å². The van der Waals surface area contributed by atoms with Crippen molar-refractivity contribution in [1.82, 2.24) is 5.32 Å². The molecule has 0 bridgehead atoms. The number of thioether (sulfide) groups is 1. The fourth-order valence-corrected chi connectivity index (χ4v) is 2.93. The summed E-state index contributed by atoms with van der Waals surface area (Å²) in [5.41, 5.74) is 1.49. The monoisotopic (exact) mass is 342 g/mol. The quantitative estimate of drug-likeness (QED) is 0.851. The summed E-state index contributed by atoms with van der Waals surface area (Å²) in [7, 11) is 0. The van der Waals surface area contributed by atoms with Gasteiger partial charge in [0, 0.05) is 0 Å².